The Hall–Kier alpha value is -0.157. The first-order valence-corrected chi connectivity index (χ1v) is 12.3. The third-order valence-corrected chi connectivity index (χ3v) is 12.5. The fourth-order valence-electron chi connectivity index (χ4n) is 5.42. The van der Waals surface area contributed by atoms with Crippen LogP contribution in [0.15, 0.2) is 48.6 Å². The molecular formula is C22H30Zr. The van der Waals surface area contributed by atoms with Crippen molar-refractivity contribution < 1.29 is 23.2 Å². The zero-order chi connectivity index (χ0) is 15.6. The van der Waals surface area contributed by atoms with Gasteiger partial charge in [-0.3, -0.25) is 0 Å². The Morgan fingerprint density at radius 1 is 0.522 bits per heavy atom. The van der Waals surface area contributed by atoms with E-state index in [0.29, 0.717) is 6.25 Å². The van der Waals surface area contributed by atoms with Crippen molar-refractivity contribution >= 4 is 0 Å². The number of hydrogen-bond donors (Lipinski definition) is 0. The monoisotopic (exact) mass is 384 g/mol. The third-order valence-electron chi connectivity index (χ3n) is 6.70. The van der Waals surface area contributed by atoms with Crippen molar-refractivity contribution in [2.45, 2.75) is 70.5 Å². The topological polar surface area (TPSA) is 0 Å². The van der Waals surface area contributed by atoms with Crippen LogP contribution in [0.5, 0.6) is 0 Å². The van der Waals surface area contributed by atoms with Crippen molar-refractivity contribution in [2.24, 2.45) is 11.8 Å². The predicted octanol–water partition coefficient (Wildman–Crippen LogP) is 6.80. The summed E-state index contributed by atoms with van der Waals surface area (Å²) in [5, 5.41) is 0. The molecule has 0 unspecified atom stereocenters. The van der Waals surface area contributed by atoms with Crippen LogP contribution in [0, 0.1) is 11.8 Å². The summed E-state index contributed by atoms with van der Waals surface area (Å²) in [6.07, 6.45) is 34.7. The first-order chi connectivity index (χ1) is 11.3. The van der Waals surface area contributed by atoms with Gasteiger partial charge in [-0.15, -0.1) is 0 Å². The summed E-state index contributed by atoms with van der Waals surface area (Å²) in [6.45, 7) is 0. The molecule has 0 bridgehead atoms. The summed E-state index contributed by atoms with van der Waals surface area (Å²) in [4.78, 5) is 0. The molecule has 0 aromatic heterocycles. The molecule has 0 atom stereocenters. The Labute approximate surface area is 153 Å². The average Bonchev–Trinajstić information content (AvgIpc) is 3.28. The van der Waals surface area contributed by atoms with Crippen molar-refractivity contribution in [2.75, 3.05) is 0 Å². The van der Waals surface area contributed by atoms with Gasteiger partial charge in [0.2, 0.25) is 0 Å². The first-order valence-electron chi connectivity index (χ1n) is 9.87. The van der Waals surface area contributed by atoms with Crippen LogP contribution in [-0.4, -0.2) is 0 Å². The molecule has 0 heterocycles. The number of hydrogen-bond acceptors (Lipinski definition) is 0. The van der Waals surface area contributed by atoms with Crippen LogP contribution in [0.2, 0.25) is 6.25 Å². The number of rotatable bonds is 4. The molecule has 4 rings (SSSR count). The minimum absolute atomic E-state index is 0.500. The van der Waals surface area contributed by atoms with Gasteiger partial charge in [0.1, 0.15) is 0 Å². The molecule has 122 valence electrons. The van der Waals surface area contributed by atoms with E-state index in [1.165, 1.54) is 64.2 Å². The van der Waals surface area contributed by atoms with Crippen molar-refractivity contribution in [1.29, 1.82) is 0 Å². The van der Waals surface area contributed by atoms with Gasteiger partial charge in [-0.25, -0.2) is 0 Å². The Bertz CT molecular complexity index is 452. The standard InChI is InChI=1S/2C11H15.Zr/c2*1-2-6-10(7-3-1)11-8-4-5-9-11;/h2*4-5,8-10H,1-3,6-7H2;. The van der Waals surface area contributed by atoms with E-state index < -0.39 is 23.2 Å². The van der Waals surface area contributed by atoms with E-state index >= 15 is 0 Å². The van der Waals surface area contributed by atoms with E-state index in [1.807, 2.05) is 0 Å². The van der Waals surface area contributed by atoms with E-state index in [0.717, 1.165) is 11.8 Å². The second-order valence-corrected chi connectivity index (χ2v) is 13.0. The molecule has 2 fully saturated rings. The van der Waals surface area contributed by atoms with E-state index in [9.17, 15) is 0 Å². The van der Waals surface area contributed by atoms with Crippen LogP contribution in [0.1, 0.15) is 64.2 Å². The average molecular weight is 386 g/mol. The molecule has 23 heavy (non-hydrogen) atoms. The fraction of sp³-hybridized carbons (Fsp3) is 0.636. The van der Waals surface area contributed by atoms with E-state index in [2.05, 4.69) is 48.6 Å². The summed E-state index contributed by atoms with van der Waals surface area (Å²) in [5.41, 5.74) is 0. The molecule has 0 nitrogen and oxygen atoms in total. The van der Waals surface area contributed by atoms with Crippen LogP contribution in [0.4, 0.5) is 0 Å². The summed E-state index contributed by atoms with van der Waals surface area (Å²) < 4.78 is 1.00. The zero-order valence-electron chi connectivity index (χ0n) is 14.3. The Balaban J connectivity index is 1.61. The van der Waals surface area contributed by atoms with Gasteiger partial charge in [0, 0.05) is 0 Å². The van der Waals surface area contributed by atoms with Crippen LogP contribution in [0.25, 0.3) is 0 Å². The molecule has 0 spiro atoms. The molecule has 0 aliphatic heterocycles. The summed E-state index contributed by atoms with van der Waals surface area (Å²) >= 11 is -0.645. The summed E-state index contributed by atoms with van der Waals surface area (Å²) in [5.74, 6) is 1.89. The van der Waals surface area contributed by atoms with E-state index in [1.54, 1.807) is 0 Å². The van der Waals surface area contributed by atoms with Gasteiger partial charge in [-0.1, -0.05) is 0 Å². The summed E-state index contributed by atoms with van der Waals surface area (Å²) in [6, 6.07) is 0. The molecule has 0 aromatic carbocycles. The quantitative estimate of drug-likeness (QED) is 0.499. The molecule has 4 aliphatic carbocycles. The predicted molar refractivity (Wildman–Crippen MR) is 95.1 cm³/mol. The Morgan fingerprint density at radius 3 is 1.22 bits per heavy atom. The first kappa shape index (κ1) is 16.3. The normalized spacial score (nSPS) is 29.4. The molecule has 0 radical (unpaired) electrons. The maximum absolute atomic E-state index is 2.64. The molecule has 0 saturated heterocycles. The van der Waals surface area contributed by atoms with E-state index in [-0.39, 0.29) is 0 Å². The molecule has 4 aliphatic rings. The minimum atomic E-state index is -0.645. The van der Waals surface area contributed by atoms with Gasteiger partial charge < -0.3 is 0 Å². The van der Waals surface area contributed by atoms with Gasteiger partial charge >= 0.3 is 154 Å². The molecule has 1 heteroatoms. The van der Waals surface area contributed by atoms with Crippen LogP contribution in [-0.2, 0) is 23.2 Å². The van der Waals surface area contributed by atoms with Crippen LogP contribution in [0.3, 0.4) is 0 Å². The summed E-state index contributed by atoms with van der Waals surface area (Å²) in [7, 11) is 0. The van der Waals surface area contributed by atoms with Gasteiger partial charge in [-0.2, -0.15) is 0 Å². The van der Waals surface area contributed by atoms with Gasteiger partial charge in [0.15, 0.2) is 0 Å². The molecule has 2 saturated carbocycles. The van der Waals surface area contributed by atoms with Crippen LogP contribution < -0.4 is 0 Å². The van der Waals surface area contributed by atoms with Crippen molar-refractivity contribution in [1.82, 2.24) is 0 Å². The van der Waals surface area contributed by atoms with E-state index in [4.69, 9.17) is 0 Å². The second kappa shape index (κ2) is 6.99. The van der Waals surface area contributed by atoms with Gasteiger partial charge in [-0.05, 0) is 0 Å². The number of allylic oxidation sites excluding steroid dienone is 8. The fourth-order valence-corrected chi connectivity index (χ4v) is 11.5. The molecule has 0 N–H and O–H groups in total. The third kappa shape index (κ3) is 3.20. The van der Waals surface area contributed by atoms with Gasteiger partial charge in [0.25, 0.3) is 0 Å². The van der Waals surface area contributed by atoms with Crippen LogP contribution >= 0.6 is 0 Å². The molecule has 0 amide bonds. The Morgan fingerprint density at radius 2 is 0.870 bits per heavy atom. The maximum atomic E-state index is 2.64. The molecule has 0 aromatic rings. The van der Waals surface area contributed by atoms with Crippen molar-refractivity contribution in [3.05, 3.63) is 48.6 Å². The van der Waals surface area contributed by atoms with Crippen molar-refractivity contribution in [3.63, 3.8) is 0 Å². The van der Waals surface area contributed by atoms with Gasteiger partial charge in [0.05, 0.1) is 0 Å². The zero-order valence-corrected chi connectivity index (χ0v) is 16.8. The Kier molecular flexibility index (Phi) is 4.96. The SMILES string of the molecule is C1=C[C]([Zr][C]2(C3CCCCC3)C=CC=C2)(C2CCCCC2)C=C1. The second-order valence-electron chi connectivity index (χ2n) is 8.10. The molecular weight excluding hydrogens is 355 g/mol. The van der Waals surface area contributed by atoms with Crippen molar-refractivity contribution in [3.8, 4) is 0 Å².